The van der Waals surface area contributed by atoms with E-state index in [1.165, 1.54) is 18.4 Å². The Morgan fingerprint density at radius 1 is 1.15 bits per heavy atom. The van der Waals surface area contributed by atoms with E-state index >= 15 is 0 Å². The highest BCUT2D eigenvalue weighted by atomic mass is 16.5. The Bertz CT molecular complexity index is 561. The summed E-state index contributed by atoms with van der Waals surface area (Å²) in [6.07, 6.45) is 5.44. The minimum Gasteiger partial charge on any atom is -0.457 e. The molecule has 0 bridgehead atoms. The Morgan fingerprint density at radius 2 is 1.95 bits per heavy atom. The Morgan fingerprint density at radius 3 is 2.65 bits per heavy atom. The summed E-state index contributed by atoms with van der Waals surface area (Å²) in [7, 11) is 0. The van der Waals surface area contributed by atoms with Gasteiger partial charge in [0, 0.05) is 24.8 Å². The molecule has 3 heteroatoms. The smallest absolute Gasteiger partial charge is 0.130 e. The van der Waals surface area contributed by atoms with E-state index in [0.29, 0.717) is 6.04 Å². The first-order valence-electron chi connectivity index (χ1n) is 7.28. The van der Waals surface area contributed by atoms with Gasteiger partial charge in [0.25, 0.3) is 0 Å². The van der Waals surface area contributed by atoms with Crippen molar-refractivity contribution in [2.45, 2.75) is 38.8 Å². The van der Waals surface area contributed by atoms with Crippen LogP contribution >= 0.6 is 0 Å². The van der Waals surface area contributed by atoms with Crippen molar-refractivity contribution in [1.29, 1.82) is 0 Å². The number of benzene rings is 1. The first-order chi connectivity index (χ1) is 9.83. The van der Waals surface area contributed by atoms with Crippen molar-refractivity contribution < 1.29 is 4.74 Å². The summed E-state index contributed by atoms with van der Waals surface area (Å²) in [6, 6.07) is 12.8. The molecule has 2 aromatic rings. The summed E-state index contributed by atoms with van der Waals surface area (Å²) < 4.78 is 5.87. The van der Waals surface area contributed by atoms with Crippen LogP contribution < -0.4 is 10.1 Å². The van der Waals surface area contributed by atoms with Crippen molar-refractivity contribution in [3.05, 3.63) is 53.9 Å². The van der Waals surface area contributed by atoms with Gasteiger partial charge in [0.15, 0.2) is 0 Å². The van der Waals surface area contributed by atoms with Crippen molar-refractivity contribution in [3.8, 4) is 11.5 Å². The second kappa shape index (κ2) is 6.06. The molecule has 1 saturated carbocycles. The van der Waals surface area contributed by atoms with E-state index in [0.717, 1.165) is 30.2 Å². The van der Waals surface area contributed by atoms with Gasteiger partial charge in [-0.3, -0.25) is 4.98 Å². The molecule has 0 aliphatic heterocycles. The van der Waals surface area contributed by atoms with Crippen LogP contribution in [0.15, 0.2) is 42.6 Å². The predicted octanol–water partition coefficient (Wildman–Crippen LogP) is 3.69. The lowest BCUT2D eigenvalue weighted by Crippen LogP contribution is -2.16. The average Bonchev–Trinajstić information content (AvgIpc) is 3.31. The third-order valence-corrected chi connectivity index (χ3v) is 3.50. The first kappa shape index (κ1) is 13.1. The van der Waals surface area contributed by atoms with Crippen LogP contribution in [-0.2, 0) is 13.0 Å². The largest absolute Gasteiger partial charge is 0.457 e. The number of ether oxygens (including phenoxy) is 1. The van der Waals surface area contributed by atoms with Crippen molar-refractivity contribution >= 4 is 0 Å². The van der Waals surface area contributed by atoms with E-state index in [-0.39, 0.29) is 0 Å². The van der Waals surface area contributed by atoms with Crippen molar-refractivity contribution in [2.75, 3.05) is 0 Å². The Balaban J connectivity index is 1.64. The van der Waals surface area contributed by atoms with Gasteiger partial charge < -0.3 is 10.1 Å². The van der Waals surface area contributed by atoms with Gasteiger partial charge in [-0.1, -0.05) is 19.1 Å². The minimum atomic E-state index is 0.697. The highest BCUT2D eigenvalue weighted by Gasteiger charge is 2.20. The van der Waals surface area contributed by atoms with Gasteiger partial charge in [0.1, 0.15) is 11.5 Å². The Kier molecular flexibility index (Phi) is 3.97. The maximum Gasteiger partial charge on any atom is 0.130 e. The maximum absolute atomic E-state index is 5.87. The molecule has 1 N–H and O–H groups in total. The zero-order chi connectivity index (χ0) is 13.8. The summed E-state index contributed by atoms with van der Waals surface area (Å²) in [4.78, 5) is 4.37. The molecule has 1 heterocycles. The first-order valence-corrected chi connectivity index (χ1v) is 7.28. The van der Waals surface area contributed by atoms with Gasteiger partial charge in [0.05, 0.1) is 5.69 Å². The van der Waals surface area contributed by atoms with Crippen molar-refractivity contribution in [1.82, 2.24) is 10.3 Å². The number of hydrogen-bond donors (Lipinski definition) is 1. The van der Waals surface area contributed by atoms with Crippen molar-refractivity contribution in [3.63, 3.8) is 0 Å². The number of aromatic nitrogens is 1. The average molecular weight is 268 g/mol. The van der Waals surface area contributed by atoms with Crippen LogP contribution in [-0.4, -0.2) is 11.0 Å². The van der Waals surface area contributed by atoms with Crippen LogP contribution in [0.2, 0.25) is 0 Å². The van der Waals surface area contributed by atoms with Crippen LogP contribution in [0.1, 0.15) is 31.0 Å². The summed E-state index contributed by atoms with van der Waals surface area (Å²) in [6.45, 7) is 2.97. The highest BCUT2D eigenvalue weighted by molar-refractivity contribution is 5.33. The zero-order valence-electron chi connectivity index (χ0n) is 11.8. The van der Waals surface area contributed by atoms with Gasteiger partial charge in [-0.15, -0.1) is 0 Å². The molecule has 0 unspecified atom stereocenters. The lowest BCUT2D eigenvalue weighted by molar-refractivity contribution is 0.480. The standard InChI is InChI=1S/C17H20N2O/c1-2-13-3-7-16(8-4-13)20-17-9-10-18-15(11-17)12-19-14-5-6-14/h3-4,7-11,14,19H,2,5-6,12H2,1H3. The third-order valence-electron chi connectivity index (χ3n) is 3.50. The van der Waals surface area contributed by atoms with E-state index < -0.39 is 0 Å². The molecule has 0 saturated heterocycles. The quantitative estimate of drug-likeness (QED) is 0.867. The van der Waals surface area contributed by atoms with Gasteiger partial charge >= 0.3 is 0 Å². The zero-order valence-corrected chi connectivity index (χ0v) is 11.8. The number of nitrogens with one attached hydrogen (secondary N) is 1. The van der Waals surface area contributed by atoms with Gasteiger partial charge in [-0.05, 0) is 43.0 Å². The molecule has 3 rings (SSSR count). The molecule has 0 atom stereocenters. The second-order valence-corrected chi connectivity index (χ2v) is 5.24. The van der Waals surface area contributed by atoms with E-state index in [9.17, 15) is 0 Å². The molecule has 20 heavy (non-hydrogen) atoms. The second-order valence-electron chi connectivity index (χ2n) is 5.24. The molecule has 0 spiro atoms. The van der Waals surface area contributed by atoms with E-state index in [4.69, 9.17) is 4.74 Å². The number of aryl methyl sites for hydroxylation is 1. The highest BCUT2D eigenvalue weighted by Crippen LogP contribution is 2.23. The lowest BCUT2D eigenvalue weighted by atomic mass is 10.2. The molecule has 1 fully saturated rings. The Labute approximate surface area is 120 Å². The van der Waals surface area contributed by atoms with Crippen molar-refractivity contribution in [2.24, 2.45) is 0 Å². The SMILES string of the molecule is CCc1ccc(Oc2ccnc(CNC3CC3)c2)cc1. The fraction of sp³-hybridized carbons (Fsp3) is 0.353. The number of nitrogens with zero attached hydrogens (tertiary/aromatic N) is 1. The van der Waals surface area contributed by atoms with E-state index in [2.05, 4.69) is 29.4 Å². The number of hydrogen-bond acceptors (Lipinski definition) is 3. The van der Waals surface area contributed by atoms with Crippen LogP contribution in [0.3, 0.4) is 0 Å². The van der Waals surface area contributed by atoms with Crippen LogP contribution in [0.4, 0.5) is 0 Å². The van der Waals surface area contributed by atoms with Gasteiger partial charge in [-0.25, -0.2) is 0 Å². The van der Waals surface area contributed by atoms with Crippen LogP contribution in [0.5, 0.6) is 11.5 Å². The molecule has 104 valence electrons. The van der Waals surface area contributed by atoms with E-state index in [1.54, 1.807) is 6.20 Å². The number of rotatable bonds is 6. The molecule has 3 nitrogen and oxygen atoms in total. The monoisotopic (exact) mass is 268 g/mol. The topological polar surface area (TPSA) is 34.1 Å². The summed E-state index contributed by atoms with van der Waals surface area (Å²) in [5, 5.41) is 3.46. The van der Waals surface area contributed by atoms with Gasteiger partial charge in [-0.2, -0.15) is 0 Å². The van der Waals surface area contributed by atoms with Crippen LogP contribution in [0.25, 0.3) is 0 Å². The third kappa shape index (κ3) is 3.58. The normalized spacial score (nSPS) is 14.2. The summed E-state index contributed by atoms with van der Waals surface area (Å²) in [5.74, 6) is 1.71. The maximum atomic E-state index is 5.87. The fourth-order valence-electron chi connectivity index (χ4n) is 2.08. The molecule has 1 aliphatic carbocycles. The molecular weight excluding hydrogens is 248 g/mol. The molecule has 0 radical (unpaired) electrons. The summed E-state index contributed by atoms with van der Waals surface area (Å²) in [5.41, 5.74) is 2.35. The van der Waals surface area contributed by atoms with E-state index in [1.807, 2.05) is 24.3 Å². The molecule has 1 aromatic carbocycles. The van der Waals surface area contributed by atoms with Gasteiger partial charge in [0.2, 0.25) is 0 Å². The molecule has 0 amide bonds. The Hall–Kier alpha value is -1.87. The lowest BCUT2D eigenvalue weighted by Gasteiger charge is -2.08. The minimum absolute atomic E-state index is 0.697. The predicted molar refractivity (Wildman–Crippen MR) is 80.0 cm³/mol. The summed E-state index contributed by atoms with van der Waals surface area (Å²) >= 11 is 0. The fourth-order valence-corrected chi connectivity index (χ4v) is 2.08. The molecular formula is C17H20N2O. The molecule has 1 aliphatic rings. The van der Waals surface area contributed by atoms with Crippen LogP contribution in [0, 0.1) is 0 Å². The number of pyridine rings is 1. The molecule has 1 aromatic heterocycles.